The number of nitrogens with one attached hydrogen (secondary N) is 1. The monoisotopic (exact) mass is 227 g/mol. The summed E-state index contributed by atoms with van der Waals surface area (Å²) in [4.78, 5) is 14.1. The van der Waals surface area contributed by atoms with Crippen molar-refractivity contribution in [3.8, 4) is 0 Å². The van der Waals surface area contributed by atoms with Gasteiger partial charge in [0.1, 0.15) is 0 Å². The summed E-state index contributed by atoms with van der Waals surface area (Å²) < 4.78 is 0. The molecule has 1 saturated carbocycles. The highest BCUT2D eigenvalue weighted by atomic mass is 16.2. The maximum Gasteiger partial charge on any atom is 0.240 e. The number of nitrogens with zero attached hydrogens (tertiary/aromatic N) is 1. The summed E-state index contributed by atoms with van der Waals surface area (Å²) in [5, 5.41) is 0. The third kappa shape index (κ3) is 3.76. The van der Waals surface area contributed by atoms with E-state index in [1.165, 1.54) is 25.7 Å². The molecule has 0 saturated heterocycles. The molecule has 0 bridgehead atoms. The first-order chi connectivity index (χ1) is 7.51. The minimum Gasteiger partial charge on any atom is -0.299 e. The number of rotatable bonds is 7. The number of unbranched alkanes of at least 4 members (excludes halogenated alkanes) is 1. The quantitative estimate of drug-likeness (QED) is 0.391. The summed E-state index contributed by atoms with van der Waals surface area (Å²) >= 11 is 0. The van der Waals surface area contributed by atoms with Crippen LogP contribution in [0.4, 0.5) is 0 Å². The lowest BCUT2D eigenvalue weighted by Crippen LogP contribution is -2.48. The smallest absolute Gasteiger partial charge is 0.240 e. The average molecular weight is 227 g/mol. The molecule has 1 rings (SSSR count). The predicted molar refractivity (Wildman–Crippen MR) is 65.6 cm³/mol. The van der Waals surface area contributed by atoms with Crippen molar-refractivity contribution in [2.75, 3.05) is 13.1 Å². The molecule has 16 heavy (non-hydrogen) atoms. The van der Waals surface area contributed by atoms with Gasteiger partial charge in [0.25, 0.3) is 0 Å². The Balaban J connectivity index is 2.49. The number of hydrogen-bond acceptors (Lipinski definition) is 3. The van der Waals surface area contributed by atoms with Crippen molar-refractivity contribution in [3.63, 3.8) is 0 Å². The first kappa shape index (κ1) is 13.5. The lowest BCUT2D eigenvalue weighted by Gasteiger charge is -2.31. The molecular weight excluding hydrogens is 202 g/mol. The van der Waals surface area contributed by atoms with Gasteiger partial charge in [-0.2, -0.15) is 0 Å². The van der Waals surface area contributed by atoms with Crippen LogP contribution in [0.5, 0.6) is 0 Å². The number of hydrazine groups is 1. The normalized spacial score (nSPS) is 16.6. The van der Waals surface area contributed by atoms with Crippen molar-refractivity contribution >= 4 is 5.91 Å². The molecule has 0 aliphatic heterocycles. The van der Waals surface area contributed by atoms with E-state index in [1.54, 1.807) is 0 Å². The van der Waals surface area contributed by atoms with E-state index in [0.29, 0.717) is 6.04 Å². The van der Waals surface area contributed by atoms with Crippen LogP contribution in [0, 0.1) is 5.41 Å². The van der Waals surface area contributed by atoms with Gasteiger partial charge in [-0.25, -0.2) is 5.84 Å². The van der Waals surface area contributed by atoms with Crippen molar-refractivity contribution in [2.45, 2.75) is 52.5 Å². The lowest BCUT2D eigenvalue weighted by atomic mass is 9.91. The Kier molecular flexibility index (Phi) is 4.74. The molecule has 1 aliphatic rings. The van der Waals surface area contributed by atoms with Crippen LogP contribution in [-0.2, 0) is 4.79 Å². The molecule has 0 atom stereocenters. The zero-order chi connectivity index (χ0) is 12.2. The molecule has 0 radical (unpaired) electrons. The van der Waals surface area contributed by atoms with Crippen LogP contribution in [0.25, 0.3) is 0 Å². The zero-order valence-corrected chi connectivity index (χ0v) is 10.8. The van der Waals surface area contributed by atoms with Gasteiger partial charge in [0.05, 0.1) is 5.41 Å². The second-order valence-electron chi connectivity index (χ2n) is 5.41. The molecule has 3 N–H and O–H groups in total. The molecule has 4 nitrogen and oxygen atoms in total. The SMILES string of the molecule is CCCCN(CC(C)(C)C(=O)NN)C1CC1. The highest BCUT2D eigenvalue weighted by Gasteiger charge is 2.35. The van der Waals surface area contributed by atoms with Gasteiger partial charge < -0.3 is 0 Å². The van der Waals surface area contributed by atoms with Crippen LogP contribution in [0.15, 0.2) is 0 Å². The van der Waals surface area contributed by atoms with Gasteiger partial charge in [-0.05, 0) is 39.7 Å². The lowest BCUT2D eigenvalue weighted by molar-refractivity contribution is -0.130. The number of carbonyl (C=O) groups excluding carboxylic acids is 1. The second kappa shape index (κ2) is 5.64. The molecule has 1 fully saturated rings. The molecule has 0 spiro atoms. The van der Waals surface area contributed by atoms with E-state index in [9.17, 15) is 4.79 Å². The maximum absolute atomic E-state index is 11.6. The van der Waals surface area contributed by atoms with Gasteiger partial charge in [0, 0.05) is 12.6 Å². The molecule has 0 aromatic heterocycles. The van der Waals surface area contributed by atoms with E-state index in [2.05, 4.69) is 17.2 Å². The fraction of sp³-hybridized carbons (Fsp3) is 0.917. The molecule has 0 unspecified atom stereocenters. The van der Waals surface area contributed by atoms with Crippen LogP contribution in [0.3, 0.4) is 0 Å². The Hall–Kier alpha value is -0.610. The van der Waals surface area contributed by atoms with Crippen LogP contribution in [0.1, 0.15) is 46.5 Å². The largest absolute Gasteiger partial charge is 0.299 e. The highest BCUT2D eigenvalue weighted by Crippen LogP contribution is 2.30. The molecule has 1 amide bonds. The van der Waals surface area contributed by atoms with E-state index in [-0.39, 0.29) is 5.91 Å². The summed E-state index contributed by atoms with van der Waals surface area (Å²) in [6, 6.07) is 0.705. The molecule has 0 aromatic carbocycles. The van der Waals surface area contributed by atoms with Crippen LogP contribution >= 0.6 is 0 Å². The van der Waals surface area contributed by atoms with Crippen molar-refractivity contribution in [1.29, 1.82) is 0 Å². The maximum atomic E-state index is 11.6. The van der Waals surface area contributed by atoms with Crippen LogP contribution in [-0.4, -0.2) is 29.9 Å². The fourth-order valence-electron chi connectivity index (χ4n) is 1.97. The Morgan fingerprint density at radius 1 is 1.50 bits per heavy atom. The summed E-state index contributed by atoms with van der Waals surface area (Å²) in [5.74, 6) is 5.13. The van der Waals surface area contributed by atoms with Gasteiger partial charge in [0.2, 0.25) is 5.91 Å². The van der Waals surface area contributed by atoms with Crippen LogP contribution in [0.2, 0.25) is 0 Å². The Morgan fingerprint density at radius 2 is 2.12 bits per heavy atom. The van der Waals surface area contributed by atoms with Gasteiger partial charge in [-0.1, -0.05) is 13.3 Å². The predicted octanol–water partition coefficient (Wildman–Crippen LogP) is 1.27. The average Bonchev–Trinajstić information content (AvgIpc) is 3.06. The minimum absolute atomic E-state index is 0.0744. The number of amides is 1. The first-order valence-corrected chi connectivity index (χ1v) is 6.26. The van der Waals surface area contributed by atoms with E-state index in [4.69, 9.17) is 5.84 Å². The number of nitrogens with two attached hydrogens (primary N) is 1. The van der Waals surface area contributed by atoms with Crippen molar-refractivity contribution in [2.24, 2.45) is 11.3 Å². The van der Waals surface area contributed by atoms with E-state index >= 15 is 0 Å². The van der Waals surface area contributed by atoms with Gasteiger partial charge in [0.15, 0.2) is 0 Å². The molecule has 0 aromatic rings. The molecular formula is C12H25N3O. The zero-order valence-electron chi connectivity index (χ0n) is 10.8. The Morgan fingerprint density at radius 3 is 2.56 bits per heavy atom. The highest BCUT2D eigenvalue weighted by molar-refractivity contribution is 5.81. The van der Waals surface area contributed by atoms with Crippen molar-refractivity contribution in [3.05, 3.63) is 0 Å². The summed E-state index contributed by atoms with van der Waals surface area (Å²) in [6.07, 6.45) is 4.97. The summed E-state index contributed by atoms with van der Waals surface area (Å²) in [6.45, 7) is 8.01. The number of hydrogen-bond donors (Lipinski definition) is 2. The Labute approximate surface area is 98.5 Å². The summed E-state index contributed by atoms with van der Waals surface area (Å²) in [7, 11) is 0. The topological polar surface area (TPSA) is 58.4 Å². The summed E-state index contributed by atoms with van der Waals surface area (Å²) in [5.41, 5.74) is 1.86. The molecule has 0 heterocycles. The van der Waals surface area contributed by atoms with Gasteiger partial charge >= 0.3 is 0 Å². The second-order valence-corrected chi connectivity index (χ2v) is 5.41. The third-order valence-electron chi connectivity index (χ3n) is 3.21. The molecule has 4 heteroatoms. The van der Waals surface area contributed by atoms with Gasteiger partial charge in [-0.15, -0.1) is 0 Å². The molecule has 1 aliphatic carbocycles. The standard InChI is InChI=1S/C12H25N3O/c1-4-5-8-15(10-6-7-10)9-12(2,3)11(16)14-13/h10H,4-9,13H2,1-3H3,(H,14,16). The Bertz CT molecular complexity index is 236. The van der Waals surface area contributed by atoms with Crippen molar-refractivity contribution in [1.82, 2.24) is 10.3 Å². The number of carbonyl (C=O) groups is 1. The van der Waals surface area contributed by atoms with E-state index in [0.717, 1.165) is 13.1 Å². The minimum atomic E-state index is -0.398. The fourth-order valence-corrected chi connectivity index (χ4v) is 1.97. The van der Waals surface area contributed by atoms with E-state index < -0.39 is 5.41 Å². The van der Waals surface area contributed by atoms with Gasteiger partial charge in [-0.3, -0.25) is 15.1 Å². The molecule has 94 valence electrons. The first-order valence-electron chi connectivity index (χ1n) is 6.26. The van der Waals surface area contributed by atoms with Crippen molar-refractivity contribution < 1.29 is 4.79 Å². The van der Waals surface area contributed by atoms with E-state index in [1.807, 2.05) is 13.8 Å². The van der Waals surface area contributed by atoms with Crippen LogP contribution < -0.4 is 11.3 Å². The third-order valence-corrected chi connectivity index (χ3v) is 3.21.